The number of nitrogens with zero attached hydrogens (tertiary/aromatic N) is 1. The highest BCUT2D eigenvalue weighted by molar-refractivity contribution is 6.05. The van der Waals surface area contributed by atoms with Crippen molar-refractivity contribution in [2.75, 3.05) is 12.4 Å². The van der Waals surface area contributed by atoms with E-state index in [9.17, 15) is 9.18 Å². The van der Waals surface area contributed by atoms with Crippen LogP contribution in [0.2, 0.25) is 0 Å². The maximum atomic E-state index is 13.0. The molecule has 6 heteroatoms. The third-order valence-corrected chi connectivity index (χ3v) is 4.26. The van der Waals surface area contributed by atoms with Crippen LogP contribution in [0, 0.1) is 12.7 Å². The fraction of sp³-hybridized carbons (Fsp3) is 0.182. The third-order valence-electron chi connectivity index (χ3n) is 4.26. The van der Waals surface area contributed by atoms with Crippen LogP contribution in [0.15, 0.2) is 60.7 Å². The summed E-state index contributed by atoms with van der Waals surface area (Å²) < 4.78 is 24.0. The molecule has 0 bridgehead atoms. The summed E-state index contributed by atoms with van der Waals surface area (Å²) in [4.78, 5) is 17.1. The molecule has 0 saturated carbocycles. The maximum absolute atomic E-state index is 13.0. The average molecular weight is 380 g/mol. The Morgan fingerprint density at radius 3 is 2.50 bits per heavy atom. The second kappa shape index (κ2) is 8.63. The van der Waals surface area contributed by atoms with Crippen molar-refractivity contribution in [3.05, 3.63) is 83.4 Å². The molecule has 0 fully saturated rings. The first kappa shape index (κ1) is 19.5. The van der Waals surface area contributed by atoms with Crippen molar-refractivity contribution in [1.82, 2.24) is 4.98 Å². The van der Waals surface area contributed by atoms with Crippen LogP contribution in [0.4, 0.5) is 10.1 Å². The lowest BCUT2D eigenvalue weighted by molar-refractivity contribution is 0.102. The molecule has 1 aromatic heterocycles. The van der Waals surface area contributed by atoms with Gasteiger partial charge in [-0.25, -0.2) is 4.39 Å². The number of rotatable bonds is 6. The lowest BCUT2D eigenvalue weighted by Gasteiger charge is -2.13. The molecular weight excluding hydrogens is 359 g/mol. The molecule has 0 spiro atoms. The molecule has 144 valence electrons. The van der Waals surface area contributed by atoms with Gasteiger partial charge in [0.1, 0.15) is 17.3 Å². The van der Waals surface area contributed by atoms with E-state index in [-0.39, 0.29) is 17.8 Å². The zero-order chi connectivity index (χ0) is 20.1. The number of carbonyl (C=O) groups is 1. The molecule has 5 nitrogen and oxygen atoms in total. The molecule has 28 heavy (non-hydrogen) atoms. The lowest BCUT2D eigenvalue weighted by Crippen LogP contribution is -2.15. The second-order valence-corrected chi connectivity index (χ2v) is 6.28. The molecule has 0 aliphatic heterocycles. The Morgan fingerprint density at radius 2 is 1.82 bits per heavy atom. The molecule has 1 heterocycles. The predicted octanol–water partition coefficient (Wildman–Crippen LogP) is 5.28. The summed E-state index contributed by atoms with van der Waals surface area (Å²) in [5.74, 6) is 0.445. The van der Waals surface area contributed by atoms with Crippen molar-refractivity contribution in [2.45, 2.75) is 20.0 Å². The first-order chi connectivity index (χ1) is 13.5. The zero-order valence-corrected chi connectivity index (χ0v) is 15.9. The Labute approximate surface area is 163 Å². The van der Waals surface area contributed by atoms with Gasteiger partial charge < -0.3 is 14.8 Å². The van der Waals surface area contributed by atoms with E-state index in [0.29, 0.717) is 28.4 Å². The highest BCUT2D eigenvalue weighted by atomic mass is 19.1. The van der Waals surface area contributed by atoms with Gasteiger partial charge in [0.2, 0.25) is 0 Å². The van der Waals surface area contributed by atoms with Crippen LogP contribution in [0.25, 0.3) is 0 Å². The van der Waals surface area contributed by atoms with Gasteiger partial charge in [-0.3, -0.25) is 9.78 Å². The summed E-state index contributed by atoms with van der Waals surface area (Å²) in [6.45, 7) is 3.68. The number of hydrogen-bond donors (Lipinski definition) is 1. The van der Waals surface area contributed by atoms with E-state index in [2.05, 4.69) is 10.3 Å². The average Bonchev–Trinajstić information content (AvgIpc) is 2.69. The number of hydrogen-bond acceptors (Lipinski definition) is 4. The van der Waals surface area contributed by atoms with E-state index in [0.717, 1.165) is 5.69 Å². The number of benzene rings is 2. The molecule has 3 rings (SSSR count). The number of nitrogens with one attached hydrogen (secondary N) is 1. The van der Waals surface area contributed by atoms with Crippen molar-refractivity contribution in [2.24, 2.45) is 0 Å². The smallest absolute Gasteiger partial charge is 0.257 e. The number of amides is 1. The van der Waals surface area contributed by atoms with Crippen LogP contribution in [-0.2, 0) is 4.74 Å². The number of anilines is 1. The number of aromatic nitrogens is 1. The summed E-state index contributed by atoms with van der Waals surface area (Å²) in [5.41, 5.74) is 2.46. The van der Waals surface area contributed by atoms with Crippen LogP contribution < -0.4 is 10.1 Å². The van der Waals surface area contributed by atoms with E-state index >= 15 is 0 Å². The predicted molar refractivity (Wildman–Crippen MR) is 105 cm³/mol. The van der Waals surface area contributed by atoms with Crippen molar-refractivity contribution >= 4 is 11.6 Å². The Hall–Kier alpha value is -3.25. The normalized spacial score (nSPS) is 11.7. The molecule has 0 aliphatic rings. The van der Waals surface area contributed by atoms with Crippen molar-refractivity contribution in [3.63, 3.8) is 0 Å². The number of ether oxygens (including phenoxy) is 2. The van der Waals surface area contributed by atoms with Crippen LogP contribution in [0.1, 0.15) is 34.8 Å². The van der Waals surface area contributed by atoms with Crippen LogP contribution >= 0.6 is 0 Å². The van der Waals surface area contributed by atoms with E-state index in [1.54, 1.807) is 50.4 Å². The second-order valence-electron chi connectivity index (χ2n) is 6.28. The largest absolute Gasteiger partial charge is 0.457 e. The number of pyridine rings is 1. The van der Waals surface area contributed by atoms with Gasteiger partial charge >= 0.3 is 0 Å². The van der Waals surface area contributed by atoms with Gasteiger partial charge in [0, 0.05) is 18.9 Å². The first-order valence-electron chi connectivity index (χ1n) is 8.81. The van der Waals surface area contributed by atoms with Gasteiger partial charge in [-0.05, 0) is 62.4 Å². The molecule has 0 aliphatic carbocycles. The standard InChI is InChI=1S/C22H21FN2O3/c1-14-20(11-12-21(24-14)15(2)27-3)22(26)25-17-5-4-6-19(13-17)28-18-9-7-16(23)8-10-18/h4-13,15H,1-3H3,(H,25,26). The molecule has 1 unspecified atom stereocenters. The summed E-state index contributed by atoms with van der Waals surface area (Å²) in [5, 5.41) is 2.85. The third kappa shape index (κ3) is 4.72. The highest BCUT2D eigenvalue weighted by Gasteiger charge is 2.14. The Morgan fingerprint density at radius 1 is 1.07 bits per heavy atom. The minimum atomic E-state index is -0.330. The monoisotopic (exact) mass is 380 g/mol. The zero-order valence-electron chi connectivity index (χ0n) is 15.9. The van der Waals surface area contributed by atoms with Crippen molar-refractivity contribution in [1.29, 1.82) is 0 Å². The summed E-state index contributed by atoms with van der Waals surface area (Å²) >= 11 is 0. The molecule has 1 atom stereocenters. The quantitative estimate of drug-likeness (QED) is 0.632. The number of aryl methyl sites for hydroxylation is 1. The number of halogens is 1. The molecule has 0 saturated heterocycles. The van der Waals surface area contributed by atoms with Gasteiger partial charge in [-0.2, -0.15) is 0 Å². The van der Waals surface area contributed by atoms with Crippen LogP contribution in [0.3, 0.4) is 0 Å². The Kier molecular flexibility index (Phi) is 6.01. The fourth-order valence-electron chi connectivity index (χ4n) is 2.64. The summed E-state index contributed by atoms with van der Waals surface area (Å²) in [6.07, 6.45) is -0.142. The van der Waals surface area contributed by atoms with Crippen LogP contribution in [0.5, 0.6) is 11.5 Å². The fourth-order valence-corrected chi connectivity index (χ4v) is 2.64. The van der Waals surface area contributed by atoms with E-state index in [1.807, 2.05) is 6.92 Å². The minimum Gasteiger partial charge on any atom is -0.457 e. The van der Waals surface area contributed by atoms with Gasteiger partial charge in [-0.15, -0.1) is 0 Å². The summed E-state index contributed by atoms with van der Waals surface area (Å²) in [6, 6.07) is 16.2. The molecule has 1 N–H and O–H groups in total. The molecule has 3 aromatic rings. The molecule has 2 aromatic carbocycles. The first-order valence-corrected chi connectivity index (χ1v) is 8.81. The Bertz CT molecular complexity index is 974. The molecule has 1 amide bonds. The SMILES string of the molecule is COC(C)c1ccc(C(=O)Nc2cccc(Oc3ccc(F)cc3)c2)c(C)n1. The summed E-state index contributed by atoms with van der Waals surface area (Å²) in [7, 11) is 1.61. The van der Waals surface area contributed by atoms with Gasteiger partial charge in [-0.1, -0.05) is 6.07 Å². The van der Waals surface area contributed by atoms with E-state index in [1.165, 1.54) is 24.3 Å². The topological polar surface area (TPSA) is 60.5 Å². The lowest BCUT2D eigenvalue weighted by atomic mass is 10.1. The van der Waals surface area contributed by atoms with Crippen molar-refractivity contribution < 1.29 is 18.7 Å². The van der Waals surface area contributed by atoms with Gasteiger partial charge in [0.25, 0.3) is 5.91 Å². The minimum absolute atomic E-state index is 0.142. The number of methoxy groups -OCH3 is 1. The van der Waals surface area contributed by atoms with E-state index < -0.39 is 0 Å². The molecule has 0 radical (unpaired) electrons. The number of carbonyl (C=O) groups excluding carboxylic acids is 1. The van der Waals surface area contributed by atoms with E-state index in [4.69, 9.17) is 9.47 Å². The van der Waals surface area contributed by atoms with Crippen LogP contribution in [-0.4, -0.2) is 18.0 Å². The molecular formula is C22H21FN2O3. The van der Waals surface area contributed by atoms with Gasteiger partial charge in [0.05, 0.1) is 23.1 Å². The highest BCUT2D eigenvalue weighted by Crippen LogP contribution is 2.25. The van der Waals surface area contributed by atoms with Crippen molar-refractivity contribution in [3.8, 4) is 11.5 Å². The van der Waals surface area contributed by atoms with Gasteiger partial charge in [0.15, 0.2) is 0 Å². The Balaban J connectivity index is 1.73. The maximum Gasteiger partial charge on any atom is 0.257 e.